The lowest BCUT2D eigenvalue weighted by atomic mass is 9.85. The van der Waals surface area contributed by atoms with E-state index in [1.807, 2.05) is 0 Å². The molecule has 1 fully saturated rings. The standard InChI is InChI=1S/C21H22N6O5S/c1-33(31,32)15-4-2-3-14(13-15)24-18-17-16(5-10-23-19(17)28)27(25-18)21(6-9-22)7-11-26(12-8-21)20(29)30/h2-5,10,13H,6-8,11-12H2,1H3,(H,23,28)(H,24,25)(H,29,30). The first-order valence-electron chi connectivity index (χ1n) is 10.2. The molecule has 4 rings (SSSR count). The third-order valence-corrected chi connectivity index (χ3v) is 7.06. The van der Waals surface area contributed by atoms with E-state index in [0.29, 0.717) is 24.0 Å². The highest BCUT2D eigenvalue weighted by Crippen LogP contribution is 2.37. The second kappa shape index (κ2) is 8.25. The summed E-state index contributed by atoms with van der Waals surface area (Å²) in [6.45, 7) is 0.474. The molecule has 1 saturated heterocycles. The maximum absolute atomic E-state index is 12.7. The van der Waals surface area contributed by atoms with E-state index in [0.717, 1.165) is 6.26 Å². The van der Waals surface area contributed by atoms with Crippen LogP contribution in [0.5, 0.6) is 0 Å². The zero-order chi connectivity index (χ0) is 23.8. The Labute approximate surface area is 189 Å². The predicted molar refractivity (Wildman–Crippen MR) is 120 cm³/mol. The SMILES string of the molecule is CS(=O)(=O)c1cccc(Nc2nn(C3(CC#N)CCN(C(=O)O)CC3)c3cc[nH]c(=O)c23)c1. The van der Waals surface area contributed by atoms with E-state index in [9.17, 15) is 28.4 Å². The number of pyridine rings is 1. The van der Waals surface area contributed by atoms with Gasteiger partial charge < -0.3 is 20.3 Å². The average Bonchev–Trinajstić information content (AvgIpc) is 3.14. The number of aromatic nitrogens is 3. The van der Waals surface area contributed by atoms with Crippen molar-refractivity contribution in [3.8, 4) is 6.07 Å². The third kappa shape index (κ3) is 4.14. The third-order valence-electron chi connectivity index (χ3n) is 5.95. The number of hydrogen-bond acceptors (Lipinski definition) is 7. The van der Waals surface area contributed by atoms with Gasteiger partial charge in [0, 0.05) is 31.2 Å². The van der Waals surface area contributed by atoms with E-state index >= 15 is 0 Å². The molecule has 0 aliphatic carbocycles. The molecule has 1 aromatic carbocycles. The van der Waals surface area contributed by atoms with Crippen LogP contribution in [0, 0.1) is 11.3 Å². The van der Waals surface area contributed by atoms with Crippen LogP contribution in [0.15, 0.2) is 46.2 Å². The summed E-state index contributed by atoms with van der Waals surface area (Å²) in [5.74, 6) is 0.218. The minimum absolute atomic E-state index is 0.0903. The quantitative estimate of drug-likeness (QED) is 0.511. The number of sulfone groups is 1. The van der Waals surface area contributed by atoms with Crippen LogP contribution in [0.3, 0.4) is 0 Å². The van der Waals surface area contributed by atoms with E-state index in [2.05, 4.69) is 21.5 Å². The van der Waals surface area contributed by atoms with Gasteiger partial charge in [0.25, 0.3) is 5.56 Å². The number of amides is 1. The lowest BCUT2D eigenvalue weighted by molar-refractivity contribution is 0.0912. The molecule has 2 aromatic heterocycles. The summed E-state index contributed by atoms with van der Waals surface area (Å²) in [4.78, 5) is 28.1. The van der Waals surface area contributed by atoms with Gasteiger partial charge in [0.15, 0.2) is 15.7 Å². The van der Waals surface area contributed by atoms with Crippen LogP contribution in [0.2, 0.25) is 0 Å². The second-order valence-corrected chi connectivity index (χ2v) is 10.1. The summed E-state index contributed by atoms with van der Waals surface area (Å²) < 4.78 is 25.5. The Morgan fingerprint density at radius 2 is 2.06 bits per heavy atom. The number of carboxylic acid groups (broad SMARTS) is 1. The van der Waals surface area contributed by atoms with Crippen molar-refractivity contribution in [2.45, 2.75) is 29.7 Å². The summed E-state index contributed by atoms with van der Waals surface area (Å²) in [5, 5.41) is 26.8. The highest BCUT2D eigenvalue weighted by atomic mass is 32.2. The number of anilines is 2. The van der Waals surface area contributed by atoms with Gasteiger partial charge in [-0.15, -0.1) is 0 Å². The molecule has 172 valence electrons. The van der Waals surface area contributed by atoms with Crippen molar-refractivity contribution in [3.05, 3.63) is 46.9 Å². The number of rotatable bonds is 5. The molecule has 1 aliphatic heterocycles. The van der Waals surface area contributed by atoms with Crippen molar-refractivity contribution < 1.29 is 18.3 Å². The topological polar surface area (TPSA) is 161 Å². The zero-order valence-electron chi connectivity index (χ0n) is 17.8. The summed E-state index contributed by atoms with van der Waals surface area (Å²) >= 11 is 0. The summed E-state index contributed by atoms with van der Waals surface area (Å²) in [7, 11) is -3.43. The number of benzene rings is 1. The normalized spacial score (nSPS) is 15.8. The predicted octanol–water partition coefficient (Wildman–Crippen LogP) is 2.25. The van der Waals surface area contributed by atoms with Crippen molar-refractivity contribution in [2.24, 2.45) is 0 Å². The van der Waals surface area contributed by atoms with Crippen molar-refractivity contribution in [2.75, 3.05) is 24.7 Å². The van der Waals surface area contributed by atoms with Crippen LogP contribution in [-0.2, 0) is 15.4 Å². The minimum Gasteiger partial charge on any atom is -0.465 e. The van der Waals surface area contributed by atoms with E-state index in [1.54, 1.807) is 22.9 Å². The lowest BCUT2D eigenvalue weighted by Crippen LogP contribution is -2.48. The largest absolute Gasteiger partial charge is 0.465 e. The number of carbonyl (C=O) groups is 1. The van der Waals surface area contributed by atoms with Gasteiger partial charge in [-0.05, 0) is 37.1 Å². The molecule has 12 heteroatoms. The zero-order valence-corrected chi connectivity index (χ0v) is 18.6. The highest BCUT2D eigenvalue weighted by molar-refractivity contribution is 7.90. The fourth-order valence-corrected chi connectivity index (χ4v) is 4.86. The van der Waals surface area contributed by atoms with Gasteiger partial charge in [-0.25, -0.2) is 13.2 Å². The smallest absolute Gasteiger partial charge is 0.407 e. The Morgan fingerprint density at radius 3 is 2.70 bits per heavy atom. The van der Waals surface area contributed by atoms with E-state index < -0.39 is 27.0 Å². The molecule has 11 nitrogen and oxygen atoms in total. The van der Waals surface area contributed by atoms with E-state index in [1.165, 1.54) is 23.2 Å². The molecular weight excluding hydrogens is 448 g/mol. The van der Waals surface area contributed by atoms with Crippen LogP contribution >= 0.6 is 0 Å². The van der Waals surface area contributed by atoms with Gasteiger partial charge in [-0.1, -0.05) is 6.07 Å². The fraction of sp³-hybridized carbons (Fsp3) is 0.333. The summed E-state index contributed by atoms with van der Waals surface area (Å²) in [6, 6.07) is 10.0. The molecule has 3 heterocycles. The lowest BCUT2D eigenvalue weighted by Gasteiger charge is -2.40. The van der Waals surface area contributed by atoms with Crippen LogP contribution < -0.4 is 10.9 Å². The maximum atomic E-state index is 12.7. The molecule has 33 heavy (non-hydrogen) atoms. The number of hydrogen-bond donors (Lipinski definition) is 3. The second-order valence-electron chi connectivity index (χ2n) is 8.08. The number of nitriles is 1. The monoisotopic (exact) mass is 470 g/mol. The molecule has 0 atom stereocenters. The minimum atomic E-state index is -3.43. The molecule has 1 aliphatic rings. The Morgan fingerprint density at radius 1 is 1.33 bits per heavy atom. The molecular formula is C21H22N6O5S. The maximum Gasteiger partial charge on any atom is 0.407 e. The fourth-order valence-electron chi connectivity index (χ4n) is 4.19. The van der Waals surface area contributed by atoms with E-state index in [-0.39, 0.29) is 35.6 Å². The van der Waals surface area contributed by atoms with Gasteiger partial charge in [-0.3, -0.25) is 9.48 Å². The van der Waals surface area contributed by atoms with Crippen LogP contribution in [0.25, 0.3) is 10.9 Å². The number of H-pyrrole nitrogens is 1. The summed E-state index contributed by atoms with van der Waals surface area (Å²) in [5.41, 5.74) is -0.251. The van der Waals surface area contributed by atoms with Gasteiger partial charge in [0.05, 0.1) is 28.4 Å². The van der Waals surface area contributed by atoms with Gasteiger partial charge in [-0.2, -0.15) is 10.4 Å². The number of piperidine rings is 1. The summed E-state index contributed by atoms with van der Waals surface area (Å²) in [6.07, 6.45) is 2.39. The Hall–Kier alpha value is -3.85. The highest BCUT2D eigenvalue weighted by Gasteiger charge is 2.40. The van der Waals surface area contributed by atoms with Gasteiger partial charge in [0.2, 0.25) is 0 Å². The van der Waals surface area contributed by atoms with Crippen LogP contribution in [0.4, 0.5) is 16.3 Å². The first-order valence-corrected chi connectivity index (χ1v) is 12.1. The molecule has 3 N–H and O–H groups in total. The molecule has 0 spiro atoms. The van der Waals surface area contributed by atoms with Crippen molar-refractivity contribution in [3.63, 3.8) is 0 Å². The molecule has 0 radical (unpaired) electrons. The van der Waals surface area contributed by atoms with Crippen molar-refractivity contribution in [1.82, 2.24) is 19.7 Å². The molecule has 0 bridgehead atoms. The number of likely N-dealkylation sites (tertiary alicyclic amines) is 1. The Balaban J connectivity index is 1.82. The average molecular weight is 471 g/mol. The molecule has 0 saturated carbocycles. The van der Waals surface area contributed by atoms with Gasteiger partial charge >= 0.3 is 6.09 Å². The van der Waals surface area contributed by atoms with Crippen LogP contribution in [-0.4, -0.2) is 58.6 Å². The Kier molecular flexibility index (Phi) is 5.59. The first kappa shape index (κ1) is 22.3. The molecule has 1 amide bonds. The molecule has 0 unspecified atom stereocenters. The van der Waals surface area contributed by atoms with Crippen molar-refractivity contribution >= 4 is 38.3 Å². The molecule has 3 aromatic rings. The van der Waals surface area contributed by atoms with E-state index in [4.69, 9.17) is 0 Å². The number of fused-ring (bicyclic) bond motifs is 1. The van der Waals surface area contributed by atoms with Crippen molar-refractivity contribution in [1.29, 1.82) is 5.26 Å². The number of nitrogens with zero attached hydrogens (tertiary/aromatic N) is 4. The van der Waals surface area contributed by atoms with Crippen LogP contribution in [0.1, 0.15) is 19.3 Å². The Bertz CT molecular complexity index is 1430. The first-order chi connectivity index (χ1) is 15.6. The number of nitrogens with one attached hydrogen (secondary N) is 2. The van der Waals surface area contributed by atoms with Gasteiger partial charge in [0.1, 0.15) is 5.39 Å². The number of aromatic amines is 1.